The van der Waals surface area contributed by atoms with E-state index >= 15 is 0 Å². The zero-order valence-corrected chi connectivity index (χ0v) is 18.4. The predicted octanol–water partition coefficient (Wildman–Crippen LogP) is 4.13. The number of phenolic OH excluding ortho intramolecular Hbond substituents is 1. The second-order valence-corrected chi connectivity index (χ2v) is 9.26. The zero-order valence-electron chi connectivity index (χ0n) is 18.4. The molecule has 6 nitrogen and oxygen atoms in total. The smallest absolute Gasteiger partial charge is 0.146 e. The van der Waals surface area contributed by atoms with Crippen LogP contribution in [0.2, 0.25) is 0 Å². The first kappa shape index (κ1) is 22.2. The maximum Gasteiger partial charge on any atom is 0.146 e. The number of aliphatic hydroxyl groups is 2. The Balaban J connectivity index is 1.97. The highest BCUT2D eigenvalue weighted by Gasteiger charge is 2.27. The summed E-state index contributed by atoms with van der Waals surface area (Å²) in [5.41, 5.74) is 3.37. The summed E-state index contributed by atoms with van der Waals surface area (Å²) in [6.45, 7) is 8.18. The molecule has 0 amide bonds. The molecular weight excluding hydrogens is 378 g/mol. The first-order valence-corrected chi connectivity index (χ1v) is 10.6. The predicted molar refractivity (Wildman–Crippen MR) is 119 cm³/mol. The van der Waals surface area contributed by atoms with Crippen molar-refractivity contribution < 1.29 is 15.3 Å². The summed E-state index contributed by atoms with van der Waals surface area (Å²) in [6, 6.07) is 11.6. The lowest BCUT2D eigenvalue weighted by Gasteiger charge is -2.28. The highest BCUT2D eigenvalue weighted by atomic mass is 16.3. The van der Waals surface area contributed by atoms with Gasteiger partial charge in [-0.05, 0) is 54.9 Å². The van der Waals surface area contributed by atoms with Crippen LogP contribution in [-0.4, -0.2) is 43.5 Å². The minimum atomic E-state index is -0.437. The SMILES string of the molecule is CCC(CO)(CO)CCCc1cc(-n2nc3ccccc3n2)c(O)c(C(C)(C)C)c1. The van der Waals surface area contributed by atoms with Crippen molar-refractivity contribution in [3.8, 4) is 11.4 Å². The summed E-state index contributed by atoms with van der Waals surface area (Å²) in [5.74, 6) is 0.195. The van der Waals surface area contributed by atoms with Gasteiger partial charge < -0.3 is 15.3 Å². The van der Waals surface area contributed by atoms with Gasteiger partial charge >= 0.3 is 0 Å². The Morgan fingerprint density at radius 1 is 0.967 bits per heavy atom. The number of benzene rings is 2. The first-order chi connectivity index (χ1) is 14.2. The lowest BCUT2D eigenvalue weighted by Crippen LogP contribution is -2.29. The number of nitrogens with zero attached hydrogens (tertiary/aromatic N) is 3. The Kier molecular flexibility index (Phi) is 6.48. The first-order valence-electron chi connectivity index (χ1n) is 10.6. The van der Waals surface area contributed by atoms with Crippen molar-refractivity contribution in [2.24, 2.45) is 5.41 Å². The minimum Gasteiger partial charge on any atom is -0.505 e. The molecular formula is C24H33N3O3. The standard InChI is InChI=1S/C24H33N3O3/c1-5-24(15-28,16-29)12-8-9-17-13-18(23(2,3)4)22(30)21(14-17)27-25-19-10-6-7-11-20(19)26-27/h6-7,10-11,13-14,28-30H,5,8-9,12,15-16H2,1-4H3. The fourth-order valence-corrected chi connectivity index (χ4v) is 3.79. The van der Waals surface area contributed by atoms with Crippen LogP contribution in [0.1, 0.15) is 58.1 Å². The number of hydrogen-bond donors (Lipinski definition) is 3. The third-order valence-corrected chi connectivity index (χ3v) is 6.05. The number of aliphatic hydroxyl groups excluding tert-OH is 2. The highest BCUT2D eigenvalue weighted by molar-refractivity contribution is 5.73. The monoisotopic (exact) mass is 411 g/mol. The van der Waals surface area contributed by atoms with Crippen LogP contribution in [0, 0.1) is 5.41 Å². The van der Waals surface area contributed by atoms with Gasteiger partial charge in [0.25, 0.3) is 0 Å². The van der Waals surface area contributed by atoms with E-state index in [2.05, 4.69) is 31.0 Å². The van der Waals surface area contributed by atoms with Crippen molar-refractivity contribution in [3.05, 3.63) is 47.5 Å². The van der Waals surface area contributed by atoms with E-state index in [9.17, 15) is 15.3 Å². The van der Waals surface area contributed by atoms with E-state index in [0.717, 1.165) is 47.8 Å². The molecule has 3 N–H and O–H groups in total. The molecule has 0 bridgehead atoms. The van der Waals surface area contributed by atoms with Gasteiger partial charge in [0.15, 0.2) is 0 Å². The van der Waals surface area contributed by atoms with E-state index < -0.39 is 5.41 Å². The molecule has 0 radical (unpaired) electrons. The molecule has 6 heteroatoms. The lowest BCUT2D eigenvalue weighted by molar-refractivity contribution is 0.0422. The fraction of sp³-hybridized carbons (Fsp3) is 0.500. The van der Waals surface area contributed by atoms with Crippen molar-refractivity contribution >= 4 is 11.0 Å². The average molecular weight is 412 g/mol. The molecule has 0 unspecified atom stereocenters. The van der Waals surface area contributed by atoms with Crippen LogP contribution in [0.4, 0.5) is 0 Å². The van der Waals surface area contributed by atoms with Gasteiger partial charge in [0.2, 0.25) is 0 Å². The number of fused-ring (bicyclic) bond motifs is 1. The quantitative estimate of drug-likeness (QED) is 0.518. The Morgan fingerprint density at radius 2 is 1.57 bits per heavy atom. The summed E-state index contributed by atoms with van der Waals surface area (Å²) < 4.78 is 0. The summed E-state index contributed by atoms with van der Waals surface area (Å²) >= 11 is 0. The summed E-state index contributed by atoms with van der Waals surface area (Å²) in [5, 5.41) is 39.5. The molecule has 0 saturated carbocycles. The van der Waals surface area contributed by atoms with Crippen molar-refractivity contribution in [1.29, 1.82) is 0 Å². The number of rotatable bonds is 8. The Hall–Kier alpha value is -2.44. The van der Waals surface area contributed by atoms with E-state index in [4.69, 9.17) is 0 Å². The molecule has 3 rings (SSSR count). The highest BCUT2D eigenvalue weighted by Crippen LogP contribution is 2.37. The van der Waals surface area contributed by atoms with E-state index in [1.807, 2.05) is 43.3 Å². The maximum atomic E-state index is 11.0. The fourth-order valence-electron chi connectivity index (χ4n) is 3.79. The largest absolute Gasteiger partial charge is 0.505 e. The molecule has 0 aliphatic heterocycles. The molecule has 0 atom stereocenters. The Morgan fingerprint density at radius 3 is 2.07 bits per heavy atom. The second-order valence-electron chi connectivity index (χ2n) is 9.26. The van der Waals surface area contributed by atoms with Gasteiger partial charge in [-0.2, -0.15) is 0 Å². The molecule has 0 aliphatic rings. The summed E-state index contributed by atoms with van der Waals surface area (Å²) in [6.07, 6.45) is 3.08. The van der Waals surface area contributed by atoms with Gasteiger partial charge in [0, 0.05) is 11.0 Å². The summed E-state index contributed by atoms with van der Waals surface area (Å²) in [7, 11) is 0. The molecule has 1 aromatic heterocycles. The maximum absolute atomic E-state index is 11.0. The van der Waals surface area contributed by atoms with Gasteiger partial charge in [-0.15, -0.1) is 15.0 Å². The van der Waals surface area contributed by atoms with Crippen LogP contribution in [0.3, 0.4) is 0 Å². The van der Waals surface area contributed by atoms with Gasteiger partial charge in [-0.3, -0.25) is 0 Å². The van der Waals surface area contributed by atoms with Crippen LogP contribution in [0.5, 0.6) is 5.75 Å². The zero-order chi connectivity index (χ0) is 21.9. The van der Waals surface area contributed by atoms with Crippen LogP contribution >= 0.6 is 0 Å². The van der Waals surface area contributed by atoms with Crippen molar-refractivity contribution in [2.45, 2.75) is 58.8 Å². The molecule has 0 spiro atoms. The van der Waals surface area contributed by atoms with E-state index in [1.54, 1.807) is 0 Å². The van der Waals surface area contributed by atoms with Gasteiger partial charge in [0.05, 0.1) is 13.2 Å². The number of aromatic hydroxyl groups is 1. The van der Waals surface area contributed by atoms with Crippen molar-refractivity contribution in [2.75, 3.05) is 13.2 Å². The Bertz CT molecular complexity index is 959. The molecule has 0 saturated heterocycles. The molecule has 0 fully saturated rings. The molecule has 2 aromatic carbocycles. The minimum absolute atomic E-state index is 0.0160. The molecule has 3 aromatic rings. The van der Waals surface area contributed by atoms with Crippen molar-refractivity contribution in [3.63, 3.8) is 0 Å². The summed E-state index contributed by atoms with van der Waals surface area (Å²) in [4.78, 5) is 1.51. The van der Waals surface area contributed by atoms with Crippen LogP contribution in [-0.2, 0) is 11.8 Å². The average Bonchev–Trinajstić information content (AvgIpc) is 3.15. The van der Waals surface area contributed by atoms with Crippen LogP contribution in [0.15, 0.2) is 36.4 Å². The Labute approximate surface area is 178 Å². The number of aryl methyl sites for hydroxylation is 1. The normalized spacial score (nSPS) is 12.6. The van der Waals surface area contributed by atoms with E-state index in [0.29, 0.717) is 5.69 Å². The van der Waals surface area contributed by atoms with Gasteiger partial charge in [-0.25, -0.2) is 0 Å². The third-order valence-electron chi connectivity index (χ3n) is 6.05. The molecule has 162 valence electrons. The molecule has 1 heterocycles. The van der Waals surface area contributed by atoms with Crippen LogP contribution in [0.25, 0.3) is 16.7 Å². The van der Waals surface area contributed by atoms with Gasteiger partial charge in [-0.1, -0.05) is 45.9 Å². The second kappa shape index (κ2) is 8.74. The third kappa shape index (κ3) is 4.50. The van der Waals surface area contributed by atoms with Crippen LogP contribution < -0.4 is 0 Å². The van der Waals surface area contributed by atoms with E-state index in [-0.39, 0.29) is 24.4 Å². The van der Waals surface area contributed by atoms with Crippen molar-refractivity contribution in [1.82, 2.24) is 15.0 Å². The van der Waals surface area contributed by atoms with E-state index in [1.165, 1.54) is 4.80 Å². The number of phenols is 1. The number of hydrogen-bond acceptors (Lipinski definition) is 5. The molecule has 30 heavy (non-hydrogen) atoms. The lowest BCUT2D eigenvalue weighted by atomic mass is 9.80. The topological polar surface area (TPSA) is 91.4 Å². The molecule has 0 aliphatic carbocycles. The van der Waals surface area contributed by atoms with Gasteiger partial charge in [0.1, 0.15) is 22.5 Å². The number of aromatic nitrogens is 3.